The molecular weight excluding hydrogens is 356 g/mol. The van der Waals surface area contributed by atoms with Crippen LogP contribution in [0.5, 0.6) is 0 Å². The van der Waals surface area contributed by atoms with Gasteiger partial charge in [0.05, 0.1) is 17.8 Å². The van der Waals surface area contributed by atoms with Crippen molar-refractivity contribution in [2.45, 2.75) is 18.9 Å². The molecular formula is C18H21ClN4O3. The number of benzene rings is 1. The Morgan fingerprint density at radius 2 is 2.08 bits per heavy atom. The van der Waals surface area contributed by atoms with Crippen molar-refractivity contribution in [3.05, 3.63) is 28.8 Å². The molecule has 26 heavy (non-hydrogen) atoms. The van der Waals surface area contributed by atoms with E-state index in [1.807, 2.05) is 15.9 Å². The summed E-state index contributed by atoms with van der Waals surface area (Å²) in [5.74, 6) is -0.146. The summed E-state index contributed by atoms with van der Waals surface area (Å²) < 4.78 is 5.45. The minimum atomic E-state index is -0.294. The van der Waals surface area contributed by atoms with E-state index in [1.165, 1.54) is 0 Å². The van der Waals surface area contributed by atoms with Crippen molar-refractivity contribution in [3.8, 4) is 6.07 Å². The summed E-state index contributed by atoms with van der Waals surface area (Å²) in [6.45, 7) is 3.31. The van der Waals surface area contributed by atoms with Gasteiger partial charge in [0.15, 0.2) is 0 Å². The summed E-state index contributed by atoms with van der Waals surface area (Å²) in [6.07, 6.45) is 1.43. The predicted octanol–water partition coefficient (Wildman–Crippen LogP) is 1.47. The molecule has 0 radical (unpaired) electrons. The maximum Gasteiger partial charge on any atom is 0.251 e. The Bertz CT molecular complexity index is 720. The third-order valence-corrected chi connectivity index (χ3v) is 4.87. The van der Waals surface area contributed by atoms with Crippen LogP contribution in [0.4, 0.5) is 5.69 Å². The quantitative estimate of drug-likeness (QED) is 0.860. The molecule has 2 heterocycles. The highest BCUT2D eigenvalue weighted by molar-refractivity contribution is 6.31. The van der Waals surface area contributed by atoms with E-state index in [2.05, 4.69) is 5.32 Å². The highest BCUT2D eigenvalue weighted by Crippen LogP contribution is 2.20. The van der Waals surface area contributed by atoms with Crippen LogP contribution in [0.15, 0.2) is 18.2 Å². The smallest absolute Gasteiger partial charge is 0.251 e. The summed E-state index contributed by atoms with van der Waals surface area (Å²) in [5.41, 5.74) is 0.784. The van der Waals surface area contributed by atoms with Gasteiger partial charge >= 0.3 is 0 Å². The van der Waals surface area contributed by atoms with E-state index < -0.39 is 0 Å². The molecule has 2 amide bonds. The first-order valence-electron chi connectivity index (χ1n) is 8.69. The molecule has 0 saturated carbocycles. The topological polar surface area (TPSA) is 85.7 Å². The summed E-state index contributed by atoms with van der Waals surface area (Å²) in [5, 5.41) is 12.3. The number of carbonyl (C=O) groups excluding carboxylic acids is 2. The lowest BCUT2D eigenvalue weighted by molar-refractivity contribution is -0.142. The van der Waals surface area contributed by atoms with Crippen molar-refractivity contribution in [3.63, 3.8) is 0 Å². The van der Waals surface area contributed by atoms with Gasteiger partial charge in [0.25, 0.3) is 5.91 Å². The number of nitrogens with zero attached hydrogens (tertiary/aromatic N) is 3. The second-order valence-electron chi connectivity index (χ2n) is 6.45. The molecule has 8 heteroatoms. The zero-order valence-electron chi connectivity index (χ0n) is 14.4. The van der Waals surface area contributed by atoms with Crippen molar-refractivity contribution in [1.29, 1.82) is 5.26 Å². The molecule has 2 aliphatic heterocycles. The minimum Gasteiger partial charge on any atom is -0.368 e. The summed E-state index contributed by atoms with van der Waals surface area (Å²) in [7, 11) is 0. The summed E-state index contributed by atoms with van der Waals surface area (Å²) >= 11 is 5.93. The number of piperazine rings is 1. The van der Waals surface area contributed by atoms with E-state index >= 15 is 0 Å². The molecule has 1 aromatic carbocycles. The SMILES string of the molecule is N#Cc1ccc(Cl)cc1NC(=O)CN1CCN(C(=O)[C@H]2CCCO2)CC1. The van der Waals surface area contributed by atoms with Crippen LogP contribution >= 0.6 is 11.6 Å². The molecule has 7 nitrogen and oxygen atoms in total. The van der Waals surface area contributed by atoms with E-state index in [0.29, 0.717) is 49.1 Å². The first kappa shape index (κ1) is 18.6. The minimum absolute atomic E-state index is 0.0594. The van der Waals surface area contributed by atoms with Gasteiger partial charge in [-0.05, 0) is 31.0 Å². The molecule has 2 fully saturated rings. The van der Waals surface area contributed by atoms with Gasteiger partial charge in [0, 0.05) is 37.8 Å². The molecule has 1 aromatic rings. The van der Waals surface area contributed by atoms with Gasteiger partial charge in [-0.3, -0.25) is 14.5 Å². The Balaban J connectivity index is 1.48. The van der Waals surface area contributed by atoms with Crippen molar-refractivity contribution in [2.75, 3.05) is 44.6 Å². The predicted molar refractivity (Wildman–Crippen MR) is 96.8 cm³/mol. The Morgan fingerprint density at radius 3 is 2.73 bits per heavy atom. The summed E-state index contributed by atoms with van der Waals surface area (Å²) in [6, 6.07) is 6.79. The number of ether oxygens (including phenoxy) is 1. The molecule has 0 spiro atoms. The Morgan fingerprint density at radius 1 is 1.31 bits per heavy atom. The maximum atomic E-state index is 12.3. The van der Waals surface area contributed by atoms with Gasteiger partial charge in [0.1, 0.15) is 12.2 Å². The van der Waals surface area contributed by atoms with Crippen LogP contribution in [-0.4, -0.2) is 67.0 Å². The van der Waals surface area contributed by atoms with Crippen molar-refractivity contribution in [2.24, 2.45) is 0 Å². The van der Waals surface area contributed by atoms with Gasteiger partial charge in [-0.15, -0.1) is 0 Å². The Labute approximate surface area is 157 Å². The number of carbonyl (C=O) groups is 2. The van der Waals surface area contributed by atoms with Gasteiger partial charge in [-0.25, -0.2) is 0 Å². The highest BCUT2D eigenvalue weighted by atomic mass is 35.5. The first-order chi connectivity index (χ1) is 12.6. The maximum absolute atomic E-state index is 12.3. The molecule has 3 rings (SSSR count). The third kappa shape index (κ3) is 4.52. The van der Waals surface area contributed by atoms with Crippen molar-refractivity contribution < 1.29 is 14.3 Å². The van der Waals surface area contributed by atoms with Gasteiger partial charge in [-0.2, -0.15) is 5.26 Å². The molecule has 0 unspecified atom stereocenters. The Kier molecular flexibility index (Phi) is 6.09. The standard InChI is InChI=1S/C18H21ClN4O3/c19-14-4-3-13(11-20)15(10-14)21-17(24)12-22-5-7-23(8-6-22)18(25)16-2-1-9-26-16/h3-4,10,16H,1-2,5-9,12H2,(H,21,24)/t16-/m1/s1. The van der Waals surface area contributed by atoms with E-state index in [9.17, 15) is 9.59 Å². The van der Waals surface area contributed by atoms with Crippen LogP contribution in [0.3, 0.4) is 0 Å². The second kappa shape index (κ2) is 8.49. The average Bonchev–Trinajstić information content (AvgIpc) is 3.16. The highest BCUT2D eigenvalue weighted by Gasteiger charge is 2.30. The molecule has 1 N–H and O–H groups in total. The first-order valence-corrected chi connectivity index (χ1v) is 9.07. The van der Waals surface area contributed by atoms with E-state index in [4.69, 9.17) is 21.6 Å². The second-order valence-corrected chi connectivity index (χ2v) is 6.89. The molecule has 0 aromatic heterocycles. The number of hydrogen-bond acceptors (Lipinski definition) is 5. The number of anilines is 1. The van der Waals surface area contributed by atoms with Crippen LogP contribution in [0.1, 0.15) is 18.4 Å². The number of amides is 2. The fourth-order valence-electron chi connectivity index (χ4n) is 3.21. The number of nitrogens with one attached hydrogen (secondary N) is 1. The molecule has 1 atom stereocenters. The van der Waals surface area contributed by atoms with Gasteiger partial charge in [-0.1, -0.05) is 11.6 Å². The largest absolute Gasteiger partial charge is 0.368 e. The average molecular weight is 377 g/mol. The fourth-order valence-corrected chi connectivity index (χ4v) is 3.38. The van der Waals surface area contributed by atoms with Crippen LogP contribution in [-0.2, 0) is 14.3 Å². The lowest BCUT2D eigenvalue weighted by atomic mass is 10.2. The molecule has 0 aliphatic carbocycles. The normalized spacial score (nSPS) is 20.6. The molecule has 2 aliphatic rings. The zero-order valence-corrected chi connectivity index (χ0v) is 15.2. The van der Waals surface area contributed by atoms with Crippen molar-refractivity contribution >= 4 is 29.1 Å². The van der Waals surface area contributed by atoms with Crippen LogP contribution in [0.25, 0.3) is 0 Å². The van der Waals surface area contributed by atoms with Gasteiger partial charge in [0.2, 0.25) is 5.91 Å². The lowest BCUT2D eigenvalue weighted by Gasteiger charge is -2.35. The lowest BCUT2D eigenvalue weighted by Crippen LogP contribution is -2.52. The Hall–Kier alpha value is -2.14. The third-order valence-electron chi connectivity index (χ3n) is 4.63. The van der Waals surface area contributed by atoms with E-state index in [-0.39, 0.29) is 24.5 Å². The van der Waals surface area contributed by atoms with E-state index in [1.54, 1.807) is 18.2 Å². The van der Waals surface area contributed by atoms with Gasteiger partial charge < -0.3 is 15.0 Å². The molecule has 2 saturated heterocycles. The van der Waals surface area contributed by atoms with Crippen LogP contribution < -0.4 is 5.32 Å². The fraction of sp³-hybridized carbons (Fsp3) is 0.500. The number of nitriles is 1. The number of hydrogen-bond donors (Lipinski definition) is 1. The van der Waals surface area contributed by atoms with Crippen LogP contribution in [0, 0.1) is 11.3 Å². The number of rotatable bonds is 4. The summed E-state index contributed by atoms with van der Waals surface area (Å²) in [4.78, 5) is 28.4. The van der Waals surface area contributed by atoms with Crippen LogP contribution in [0.2, 0.25) is 5.02 Å². The zero-order chi connectivity index (χ0) is 18.5. The van der Waals surface area contributed by atoms with E-state index in [0.717, 1.165) is 12.8 Å². The molecule has 138 valence electrons. The number of halogens is 1. The van der Waals surface area contributed by atoms with Crippen molar-refractivity contribution in [1.82, 2.24) is 9.80 Å². The molecule has 0 bridgehead atoms. The monoisotopic (exact) mass is 376 g/mol.